The van der Waals surface area contributed by atoms with Gasteiger partial charge in [0.25, 0.3) is 0 Å². The summed E-state index contributed by atoms with van der Waals surface area (Å²) in [5.41, 5.74) is 1.70. The van der Waals surface area contributed by atoms with Crippen LogP contribution in [-0.4, -0.2) is 15.8 Å². The molecule has 1 atom stereocenters. The molecule has 0 bridgehead atoms. The molecule has 0 saturated heterocycles. The van der Waals surface area contributed by atoms with Crippen LogP contribution in [0.4, 0.5) is 0 Å². The first-order chi connectivity index (χ1) is 10.0. The van der Waals surface area contributed by atoms with Crippen LogP contribution >= 0.6 is 11.8 Å². The van der Waals surface area contributed by atoms with Gasteiger partial charge in [0, 0.05) is 11.3 Å². The third-order valence-electron chi connectivity index (χ3n) is 3.20. The van der Waals surface area contributed by atoms with E-state index in [4.69, 9.17) is 9.26 Å². The molecule has 2 heterocycles. The number of aromatic nitrogens is 2. The van der Waals surface area contributed by atoms with Gasteiger partial charge in [-0.25, -0.2) is 9.36 Å². The Morgan fingerprint density at radius 3 is 2.71 bits per heavy atom. The Morgan fingerprint density at radius 2 is 2.05 bits per heavy atom. The number of allylic oxidation sites excluding steroid dienone is 1. The van der Waals surface area contributed by atoms with Crippen LogP contribution in [0.2, 0.25) is 0 Å². The molecule has 0 spiro atoms. The predicted octanol–water partition coefficient (Wildman–Crippen LogP) is 3.03. The SMILES string of the molecule is CC1=CSC(OC(C)C)(c2ccccc2)c2noc(=O)n21. The van der Waals surface area contributed by atoms with Crippen molar-refractivity contribution >= 4 is 17.5 Å². The van der Waals surface area contributed by atoms with E-state index in [2.05, 4.69) is 5.16 Å². The lowest BCUT2D eigenvalue weighted by atomic mass is 10.1. The van der Waals surface area contributed by atoms with E-state index in [1.165, 1.54) is 16.3 Å². The Hall–Kier alpha value is -1.79. The molecule has 5 nitrogen and oxygen atoms in total. The van der Waals surface area contributed by atoms with Crippen molar-refractivity contribution in [3.8, 4) is 0 Å². The van der Waals surface area contributed by atoms with Crippen LogP contribution in [0.1, 0.15) is 32.2 Å². The molecule has 0 amide bonds. The zero-order chi connectivity index (χ0) is 15.0. The molecular formula is C15H16N2O3S. The molecule has 110 valence electrons. The maximum atomic E-state index is 11.9. The fraction of sp³-hybridized carbons (Fsp3) is 0.333. The molecule has 0 saturated carbocycles. The Balaban J connectivity index is 2.25. The Kier molecular flexibility index (Phi) is 3.51. The Morgan fingerprint density at radius 1 is 1.33 bits per heavy atom. The van der Waals surface area contributed by atoms with Crippen molar-refractivity contribution in [2.75, 3.05) is 0 Å². The molecular weight excluding hydrogens is 288 g/mol. The molecule has 3 rings (SSSR count). The maximum absolute atomic E-state index is 11.9. The minimum absolute atomic E-state index is 0.0373. The minimum Gasteiger partial charge on any atom is -0.350 e. The first-order valence-electron chi connectivity index (χ1n) is 6.72. The summed E-state index contributed by atoms with van der Waals surface area (Å²) in [6.07, 6.45) is -0.0373. The predicted molar refractivity (Wildman–Crippen MR) is 81.7 cm³/mol. The Labute approximate surface area is 126 Å². The highest BCUT2D eigenvalue weighted by Crippen LogP contribution is 2.47. The van der Waals surface area contributed by atoms with Gasteiger partial charge in [-0.2, -0.15) is 0 Å². The van der Waals surface area contributed by atoms with Crippen molar-refractivity contribution in [1.29, 1.82) is 0 Å². The standard InChI is InChI=1S/C15H16N2O3S/c1-10(2)19-15(12-7-5-4-6-8-12)13-16-20-14(18)17(13)11(3)9-21-15/h4-10H,1-3H3. The first-order valence-corrected chi connectivity index (χ1v) is 7.60. The van der Waals surface area contributed by atoms with Gasteiger partial charge in [0.1, 0.15) is 0 Å². The van der Waals surface area contributed by atoms with Crippen molar-refractivity contribution in [2.45, 2.75) is 31.8 Å². The van der Waals surface area contributed by atoms with Crippen LogP contribution in [0.5, 0.6) is 0 Å². The lowest BCUT2D eigenvalue weighted by Gasteiger charge is -2.35. The number of ether oxygens (including phenoxy) is 1. The first kappa shape index (κ1) is 14.2. The van der Waals surface area contributed by atoms with Gasteiger partial charge < -0.3 is 4.74 Å². The van der Waals surface area contributed by atoms with Crippen LogP contribution in [0.25, 0.3) is 5.70 Å². The van der Waals surface area contributed by atoms with Gasteiger partial charge in [-0.1, -0.05) is 47.3 Å². The third kappa shape index (κ3) is 2.24. The van der Waals surface area contributed by atoms with E-state index >= 15 is 0 Å². The fourth-order valence-corrected chi connectivity index (χ4v) is 3.57. The highest BCUT2D eigenvalue weighted by atomic mass is 32.2. The summed E-state index contributed by atoms with van der Waals surface area (Å²) >= 11 is 1.49. The molecule has 1 aromatic heterocycles. The van der Waals surface area contributed by atoms with Gasteiger partial charge in [0.05, 0.1) is 6.10 Å². The second-order valence-electron chi connectivity index (χ2n) is 5.13. The summed E-state index contributed by atoms with van der Waals surface area (Å²) in [6, 6.07) is 9.75. The molecule has 1 aromatic carbocycles. The summed E-state index contributed by atoms with van der Waals surface area (Å²) < 4.78 is 12.5. The molecule has 1 unspecified atom stereocenters. The topological polar surface area (TPSA) is 57.3 Å². The van der Waals surface area contributed by atoms with Crippen LogP contribution in [0, 0.1) is 0 Å². The normalized spacial score (nSPS) is 21.2. The van der Waals surface area contributed by atoms with Crippen LogP contribution in [-0.2, 0) is 9.67 Å². The number of thioether (sulfide) groups is 1. The fourth-order valence-electron chi connectivity index (χ4n) is 2.38. The van der Waals surface area contributed by atoms with Crippen molar-refractivity contribution in [1.82, 2.24) is 9.72 Å². The van der Waals surface area contributed by atoms with Gasteiger partial charge in [0.2, 0.25) is 10.8 Å². The lowest BCUT2D eigenvalue weighted by Crippen LogP contribution is -2.36. The van der Waals surface area contributed by atoms with Crippen molar-refractivity contribution in [2.24, 2.45) is 0 Å². The van der Waals surface area contributed by atoms with E-state index in [-0.39, 0.29) is 6.10 Å². The van der Waals surface area contributed by atoms with E-state index in [9.17, 15) is 4.79 Å². The number of fused-ring (bicyclic) bond motifs is 1. The van der Waals surface area contributed by atoms with E-state index in [1.54, 1.807) is 0 Å². The molecule has 2 aromatic rings. The summed E-state index contributed by atoms with van der Waals surface area (Å²) in [4.78, 5) is 11.0. The highest BCUT2D eigenvalue weighted by Gasteiger charge is 2.45. The monoisotopic (exact) mass is 304 g/mol. The average Bonchev–Trinajstić information content (AvgIpc) is 2.86. The summed E-state index contributed by atoms with van der Waals surface area (Å²) in [5, 5.41) is 5.88. The number of hydrogen-bond acceptors (Lipinski definition) is 5. The Bertz CT molecular complexity index is 733. The number of rotatable bonds is 3. The highest BCUT2D eigenvalue weighted by molar-refractivity contribution is 8.03. The largest absolute Gasteiger partial charge is 0.446 e. The summed E-state index contributed by atoms with van der Waals surface area (Å²) in [7, 11) is 0. The molecule has 0 fully saturated rings. The second-order valence-corrected chi connectivity index (χ2v) is 6.18. The number of hydrogen-bond donors (Lipinski definition) is 0. The zero-order valence-corrected chi connectivity index (χ0v) is 12.9. The zero-order valence-electron chi connectivity index (χ0n) is 12.1. The van der Waals surface area contributed by atoms with E-state index in [0.717, 1.165) is 11.3 Å². The molecule has 0 aliphatic carbocycles. The van der Waals surface area contributed by atoms with Crippen LogP contribution in [0.15, 0.2) is 45.1 Å². The second kappa shape index (κ2) is 5.20. The van der Waals surface area contributed by atoms with Crippen molar-refractivity contribution in [3.63, 3.8) is 0 Å². The quantitative estimate of drug-likeness (QED) is 0.872. The molecule has 6 heteroatoms. The van der Waals surface area contributed by atoms with Gasteiger partial charge in [0.15, 0.2) is 0 Å². The summed E-state index contributed by atoms with van der Waals surface area (Å²) in [5.74, 6) is -0.0240. The summed E-state index contributed by atoms with van der Waals surface area (Å²) in [6.45, 7) is 5.76. The van der Waals surface area contributed by atoms with E-state index < -0.39 is 10.7 Å². The average molecular weight is 304 g/mol. The molecule has 0 radical (unpaired) electrons. The van der Waals surface area contributed by atoms with Crippen molar-refractivity contribution < 1.29 is 9.26 Å². The minimum atomic E-state index is -0.874. The molecule has 0 N–H and O–H groups in total. The molecule has 1 aliphatic rings. The van der Waals surface area contributed by atoms with Gasteiger partial charge in [-0.15, -0.1) is 0 Å². The lowest BCUT2D eigenvalue weighted by molar-refractivity contribution is -0.00164. The molecule has 1 aliphatic heterocycles. The van der Waals surface area contributed by atoms with Crippen LogP contribution in [0.3, 0.4) is 0 Å². The van der Waals surface area contributed by atoms with Crippen LogP contribution < -0.4 is 5.76 Å². The van der Waals surface area contributed by atoms with E-state index in [0.29, 0.717) is 5.82 Å². The molecule has 21 heavy (non-hydrogen) atoms. The van der Waals surface area contributed by atoms with Gasteiger partial charge in [-0.3, -0.25) is 4.52 Å². The smallest absolute Gasteiger partial charge is 0.350 e. The maximum Gasteiger partial charge on any atom is 0.446 e. The van der Waals surface area contributed by atoms with Gasteiger partial charge >= 0.3 is 5.76 Å². The van der Waals surface area contributed by atoms with Crippen molar-refractivity contribution in [3.05, 3.63) is 57.7 Å². The van der Waals surface area contributed by atoms with E-state index in [1.807, 2.05) is 56.5 Å². The number of benzene rings is 1. The van der Waals surface area contributed by atoms with Gasteiger partial charge in [-0.05, 0) is 26.2 Å². The third-order valence-corrected chi connectivity index (χ3v) is 4.51. The number of nitrogens with zero attached hydrogens (tertiary/aromatic N) is 2.